The summed E-state index contributed by atoms with van der Waals surface area (Å²) in [4.78, 5) is 12.8. The van der Waals surface area contributed by atoms with Crippen molar-refractivity contribution in [2.24, 2.45) is 0 Å². The van der Waals surface area contributed by atoms with Crippen molar-refractivity contribution < 1.29 is 29.8 Å². The molecule has 0 heterocycles. The van der Waals surface area contributed by atoms with Crippen LogP contribution in [0.15, 0.2) is 12.2 Å². The third-order valence-corrected chi connectivity index (χ3v) is 31.6. The molecule has 39 heavy (non-hydrogen) atoms. The molecule has 0 aromatic rings. The molecular formula is C26H62O7Si6. The monoisotopic (exact) mass is 654 g/mol. The minimum absolute atomic E-state index is 0.107. The van der Waals surface area contributed by atoms with Crippen LogP contribution in [-0.2, 0) is 29.8 Å². The van der Waals surface area contributed by atoms with Crippen molar-refractivity contribution in [3.63, 3.8) is 0 Å². The molecule has 13 heteroatoms. The molecule has 0 spiro atoms. The standard InChI is InChI=1S/C26H62O7Si6/c1-18-21-22-34(8,9)29-35(10,11)30-36(12,13)31-37(14,15)32-38(16,17)33-39(24(6)19-2,25(7)20-3)28-26(27)23(4)5/h24-25H,4,18-22H2,1-3,5-17H3. The largest absolute Gasteiger partial charge is 0.491 e. The van der Waals surface area contributed by atoms with Gasteiger partial charge in [-0.3, -0.25) is 0 Å². The molecule has 0 aliphatic rings. The number of unbranched alkanes of at least 4 members (excludes halogenated alkanes) is 1. The Bertz CT molecular complexity index is 792. The van der Waals surface area contributed by atoms with E-state index in [2.05, 4.69) is 93.6 Å². The van der Waals surface area contributed by atoms with Gasteiger partial charge < -0.3 is 25.0 Å². The Morgan fingerprint density at radius 1 is 0.667 bits per heavy atom. The second-order valence-corrected chi connectivity index (χ2v) is 36.4. The Kier molecular flexibility index (Phi) is 15.3. The van der Waals surface area contributed by atoms with Crippen molar-refractivity contribution in [1.29, 1.82) is 0 Å². The van der Waals surface area contributed by atoms with E-state index in [1.807, 2.05) is 13.1 Å². The van der Waals surface area contributed by atoms with Gasteiger partial charge in [0.05, 0.1) is 0 Å². The van der Waals surface area contributed by atoms with E-state index >= 15 is 0 Å². The Balaban J connectivity index is 5.89. The first-order valence-electron chi connectivity index (χ1n) is 14.8. The van der Waals surface area contributed by atoms with E-state index in [4.69, 9.17) is 25.0 Å². The summed E-state index contributed by atoms with van der Waals surface area (Å²) in [5.74, 6) is -0.376. The van der Waals surface area contributed by atoms with Gasteiger partial charge in [0.1, 0.15) is 0 Å². The van der Waals surface area contributed by atoms with Crippen molar-refractivity contribution in [2.75, 3.05) is 0 Å². The van der Waals surface area contributed by atoms with Gasteiger partial charge in [-0.25, -0.2) is 4.79 Å². The summed E-state index contributed by atoms with van der Waals surface area (Å²) < 4.78 is 40.2. The zero-order valence-corrected chi connectivity index (χ0v) is 34.3. The maximum Gasteiger partial charge on any atom is 0.398 e. The number of rotatable bonds is 19. The van der Waals surface area contributed by atoms with Gasteiger partial charge in [-0.05, 0) is 78.4 Å². The van der Waals surface area contributed by atoms with Crippen LogP contribution in [0.2, 0.25) is 82.6 Å². The minimum atomic E-state index is -3.03. The van der Waals surface area contributed by atoms with Crippen LogP contribution in [-0.4, -0.2) is 57.1 Å². The Hall–Kier alpha value is 0.311. The predicted octanol–water partition coefficient (Wildman–Crippen LogP) is 9.04. The lowest BCUT2D eigenvalue weighted by Gasteiger charge is -2.46. The fraction of sp³-hybridized carbons (Fsp3) is 0.885. The smallest absolute Gasteiger partial charge is 0.398 e. The van der Waals surface area contributed by atoms with Gasteiger partial charge in [0.15, 0.2) is 8.32 Å². The summed E-state index contributed by atoms with van der Waals surface area (Å²) in [6, 6.07) is 1.14. The fourth-order valence-corrected chi connectivity index (χ4v) is 36.4. The lowest BCUT2D eigenvalue weighted by atomic mass is 10.3. The lowest BCUT2D eigenvalue weighted by Crippen LogP contribution is -2.62. The number of carbonyl (C=O) groups excluding carboxylic acids is 1. The van der Waals surface area contributed by atoms with Gasteiger partial charge in [0.2, 0.25) is 0 Å². The summed E-state index contributed by atoms with van der Waals surface area (Å²) in [5.41, 5.74) is 0.602. The van der Waals surface area contributed by atoms with E-state index in [1.54, 1.807) is 6.92 Å². The van der Waals surface area contributed by atoms with Crippen molar-refractivity contribution in [1.82, 2.24) is 0 Å². The molecule has 2 unspecified atom stereocenters. The first-order chi connectivity index (χ1) is 17.4. The van der Waals surface area contributed by atoms with Crippen LogP contribution in [0.5, 0.6) is 0 Å². The van der Waals surface area contributed by atoms with E-state index in [0.29, 0.717) is 5.57 Å². The average molecular weight is 655 g/mol. The molecule has 232 valence electrons. The SMILES string of the molecule is C=C(C)C(=O)O[Si](O[Si](C)(C)O[Si](C)(C)O[Si](C)(C)O[Si](C)(C)O[Si](C)(C)CCCC)(C(C)CC)C(C)CC. The van der Waals surface area contributed by atoms with Gasteiger partial charge in [0.25, 0.3) is 0 Å². The molecule has 0 aromatic heterocycles. The zero-order chi connectivity index (χ0) is 31.1. The van der Waals surface area contributed by atoms with Crippen LogP contribution < -0.4 is 0 Å². The predicted molar refractivity (Wildman–Crippen MR) is 179 cm³/mol. The molecule has 0 fully saturated rings. The third-order valence-electron chi connectivity index (χ3n) is 6.73. The second-order valence-electron chi connectivity index (χ2n) is 13.5. The second kappa shape index (κ2) is 15.2. The van der Waals surface area contributed by atoms with Crippen LogP contribution in [0.25, 0.3) is 0 Å². The molecule has 0 saturated carbocycles. The van der Waals surface area contributed by atoms with Crippen LogP contribution in [0, 0.1) is 0 Å². The number of hydrogen-bond acceptors (Lipinski definition) is 7. The van der Waals surface area contributed by atoms with Crippen LogP contribution >= 0.6 is 0 Å². The molecule has 0 aliphatic heterocycles. The van der Waals surface area contributed by atoms with Gasteiger partial charge in [-0.1, -0.05) is 66.9 Å². The highest BCUT2D eigenvalue weighted by Crippen LogP contribution is 2.42. The number of carbonyl (C=O) groups is 1. The van der Waals surface area contributed by atoms with Crippen LogP contribution in [0.1, 0.15) is 67.2 Å². The fourth-order valence-electron chi connectivity index (χ4n) is 5.27. The van der Waals surface area contributed by atoms with Crippen molar-refractivity contribution in [3.8, 4) is 0 Å². The molecule has 0 N–H and O–H groups in total. The molecule has 0 amide bonds. The van der Waals surface area contributed by atoms with Crippen LogP contribution in [0.3, 0.4) is 0 Å². The van der Waals surface area contributed by atoms with E-state index in [9.17, 15) is 4.79 Å². The van der Waals surface area contributed by atoms with Gasteiger partial charge in [-0.15, -0.1) is 0 Å². The summed E-state index contributed by atoms with van der Waals surface area (Å²) in [5, 5.41) is 0. The number of hydrogen-bond donors (Lipinski definition) is 0. The third kappa shape index (κ3) is 13.9. The van der Waals surface area contributed by atoms with Gasteiger partial charge >= 0.3 is 48.8 Å². The lowest BCUT2D eigenvalue weighted by molar-refractivity contribution is -0.132. The highest BCUT2D eigenvalue weighted by Gasteiger charge is 2.56. The molecule has 7 nitrogen and oxygen atoms in total. The minimum Gasteiger partial charge on any atom is -0.491 e. The molecule has 0 rings (SSSR count). The Labute approximate surface area is 248 Å². The highest BCUT2D eigenvalue weighted by atomic mass is 28.5. The maximum absolute atomic E-state index is 12.8. The highest BCUT2D eigenvalue weighted by molar-refractivity contribution is 6.91. The first kappa shape index (κ1) is 39.3. The van der Waals surface area contributed by atoms with E-state index in [1.165, 1.54) is 12.8 Å². The summed E-state index contributed by atoms with van der Waals surface area (Å²) in [6.07, 6.45) is 4.07. The molecule has 0 aliphatic carbocycles. The molecule has 0 saturated heterocycles. The average Bonchev–Trinajstić information content (AvgIpc) is 2.71. The van der Waals surface area contributed by atoms with E-state index < -0.39 is 51.1 Å². The molecule has 0 aromatic carbocycles. The van der Waals surface area contributed by atoms with Gasteiger partial charge in [-0.2, -0.15) is 0 Å². The normalized spacial score (nSPS) is 16.9. The van der Waals surface area contributed by atoms with Crippen molar-refractivity contribution in [3.05, 3.63) is 12.2 Å². The molecular weight excluding hydrogens is 593 g/mol. The van der Waals surface area contributed by atoms with Crippen molar-refractivity contribution >= 4 is 57.1 Å². The summed E-state index contributed by atoms with van der Waals surface area (Å²) >= 11 is 0. The topological polar surface area (TPSA) is 72.5 Å². The van der Waals surface area contributed by atoms with Crippen molar-refractivity contribution in [2.45, 2.75) is 150 Å². The molecule has 0 radical (unpaired) electrons. The van der Waals surface area contributed by atoms with E-state index in [-0.39, 0.29) is 17.1 Å². The first-order valence-corrected chi connectivity index (χ1v) is 31.1. The van der Waals surface area contributed by atoms with Crippen LogP contribution in [0.4, 0.5) is 0 Å². The quantitative estimate of drug-likeness (QED) is 0.102. The summed E-state index contributed by atoms with van der Waals surface area (Å²) in [6.45, 7) is 37.5. The summed E-state index contributed by atoms with van der Waals surface area (Å²) in [7, 11) is -15.3. The zero-order valence-electron chi connectivity index (χ0n) is 28.3. The molecule has 0 bridgehead atoms. The van der Waals surface area contributed by atoms with E-state index in [0.717, 1.165) is 18.9 Å². The van der Waals surface area contributed by atoms with Gasteiger partial charge in [0, 0.05) is 16.7 Å². The Morgan fingerprint density at radius 2 is 1.03 bits per heavy atom. The Morgan fingerprint density at radius 3 is 1.36 bits per heavy atom. The maximum atomic E-state index is 12.8. The molecule has 2 atom stereocenters.